The van der Waals surface area contributed by atoms with E-state index in [1.165, 1.54) is 6.20 Å². The third-order valence-corrected chi connectivity index (χ3v) is 5.23. The molecule has 9 nitrogen and oxygen atoms in total. The molecule has 0 N–H and O–H groups in total. The van der Waals surface area contributed by atoms with Gasteiger partial charge in [0.1, 0.15) is 17.3 Å². The van der Waals surface area contributed by atoms with Crippen LogP contribution in [0, 0.1) is 6.92 Å². The van der Waals surface area contributed by atoms with Crippen LogP contribution in [-0.4, -0.2) is 60.9 Å². The zero-order chi connectivity index (χ0) is 22.3. The number of hydrogen-bond acceptors (Lipinski definition) is 8. The van der Waals surface area contributed by atoms with Gasteiger partial charge >= 0.3 is 6.18 Å². The summed E-state index contributed by atoms with van der Waals surface area (Å²) in [5.74, 6) is 1.62. The van der Waals surface area contributed by atoms with Gasteiger partial charge in [-0.25, -0.2) is 9.97 Å². The van der Waals surface area contributed by atoms with Gasteiger partial charge < -0.3 is 9.80 Å². The van der Waals surface area contributed by atoms with Crippen LogP contribution in [0.5, 0.6) is 0 Å². The lowest BCUT2D eigenvalue weighted by Gasteiger charge is -2.36. The SMILES string of the molecule is Cc1nnc2ccc(N3CCN(c4cc(C(F)(F)F)nc(-c5ccccn5)n4)CC3)nn12. The number of rotatable bonds is 3. The Balaban J connectivity index is 1.40. The topological polar surface area (TPSA) is 88.2 Å². The number of hydrogen-bond donors (Lipinski definition) is 0. The Morgan fingerprint density at radius 1 is 0.875 bits per heavy atom. The highest BCUT2D eigenvalue weighted by Crippen LogP contribution is 2.31. The summed E-state index contributed by atoms with van der Waals surface area (Å²) in [7, 11) is 0. The van der Waals surface area contributed by atoms with Crippen molar-refractivity contribution in [1.82, 2.24) is 34.8 Å². The van der Waals surface area contributed by atoms with Crippen LogP contribution in [0.1, 0.15) is 11.5 Å². The van der Waals surface area contributed by atoms with Gasteiger partial charge in [-0.3, -0.25) is 4.98 Å². The lowest BCUT2D eigenvalue weighted by molar-refractivity contribution is -0.141. The smallest absolute Gasteiger partial charge is 0.353 e. The molecule has 0 unspecified atom stereocenters. The molecule has 5 rings (SSSR count). The Labute approximate surface area is 180 Å². The molecule has 4 aromatic heterocycles. The standard InChI is InChI=1S/C20H18F3N9/c1-13-27-28-16-5-6-17(29-32(13)16)30-8-10-31(11-9-30)18-12-15(20(21,22)23)25-19(26-18)14-4-2-3-7-24-14/h2-7,12H,8-11H2,1H3. The molecule has 1 saturated heterocycles. The van der Waals surface area contributed by atoms with E-state index in [0.29, 0.717) is 43.3 Å². The maximum absolute atomic E-state index is 13.5. The predicted octanol–water partition coefficient (Wildman–Crippen LogP) is 2.63. The van der Waals surface area contributed by atoms with E-state index in [1.54, 1.807) is 22.7 Å². The molecule has 1 fully saturated rings. The van der Waals surface area contributed by atoms with Crippen molar-refractivity contribution in [3.8, 4) is 11.5 Å². The van der Waals surface area contributed by atoms with Crippen molar-refractivity contribution in [2.45, 2.75) is 13.1 Å². The van der Waals surface area contributed by atoms with Gasteiger partial charge in [-0.2, -0.15) is 17.7 Å². The molecule has 1 aliphatic rings. The molecule has 4 aromatic rings. The molecule has 0 aromatic carbocycles. The Kier molecular flexibility index (Phi) is 4.83. The quantitative estimate of drug-likeness (QED) is 0.480. The van der Waals surface area contributed by atoms with Crippen molar-refractivity contribution < 1.29 is 13.2 Å². The van der Waals surface area contributed by atoms with E-state index in [2.05, 4.69) is 35.1 Å². The first kappa shape index (κ1) is 20.1. The van der Waals surface area contributed by atoms with Crippen molar-refractivity contribution in [1.29, 1.82) is 0 Å². The van der Waals surface area contributed by atoms with Gasteiger partial charge in [0.15, 0.2) is 23.0 Å². The second-order valence-corrected chi connectivity index (χ2v) is 7.33. The molecule has 0 radical (unpaired) electrons. The van der Waals surface area contributed by atoms with E-state index in [4.69, 9.17) is 0 Å². The van der Waals surface area contributed by atoms with Gasteiger partial charge in [0.25, 0.3) is 0 Å². The number of piperazine rings is 1. The minimum absolute atomic E-state index is 0.0481. The summed E-state index contributed by atoms with van der Waals surface area (Å²) in [6.45, 7) is 3.93. The highest BCUT2D eigenvalue weighted by molar-refractivity contribution is 5.55. The van der Waals surface area contributed by atoms with Crippen molar-refractivity contribution in [3.05, 3.63) is 54.1 Å². The lowest BCUT2D eigenvalue weighted by Crippen LogP contribution is -2.47. The molecule has 0 aliphatic carbocycles. The minimum Gasteiger partial charge on any atom is -0.353 e. The van der Waals surface area contributed by atoms with Crippen LogP contribution >= 0.6 is 0 Å². The van der Waals surface area contributed by atoms with E-state index in [0.717, 1.165) is 11.9 Å². The molecule has 5 heterocycles. The summed E-state index contributed by atoms with van der Waals surface area (Å²) in [6, 6.07) is 9.66. The highest BCUT2D eigenvalue weighted by Gasteiger charge is 2.35. The number of anilines is 2. The van der Waals surface area contributed by atoms with E-state index in [1.807, 2.05) is 24.0 Å². The number of pyridine rings is 1. The molecular weight excluding hydrogens is 423 g/mol. The van der Waals surface area contributed by atoms with E-state index < -0.39 is 11.9 Å². The van der Waals surface area contributed by atoms with Gasteiger partial charge in [0.2, 0.25) is 0 Å². The first-order valence-corrected chi connectivity index (χ1v) is 9.95. The predicted molar refractivity (Wildman–Crippen MR) is 110 cm³/mol. The van der Waals surface area contributed by atoms with Crippen LogP contribution in [0.3, 0.4) is 0 Å². The van der Waals surface area contributed by atoms with Crippen LogP contribution in [0.15, 0.2) is 42.6 Å². The van der Waals surface area contributed by atoms with Crippen molar-refractivity contribution in [3.63, 3.8) is 0 Å². The molecule has 0 atom stereocenters. The fraction of sp³-hybridized carbons (Fsp3) is 0.300. The molecule has 0 spiro atoms. The zero-order valence-electron chi connectivity index (χ0n) is 17.0. The third kappa shape index (κ3) is 3.79. The number of halogens is 3. The largest absolute Gasteiger partial charge is 0.433 e. The highest BCUT2D eigenvalue weighted by atomic mass is 19.4. The fourth-order valence-corrected chi connectivity index (χ4v) is 3.57. The lowest BCUT2D eigenvalue weighted by atomic mass is 10.2. The summed E-state index contributed by atoms with van der Waals surface area (Å²) >= 11 is 0. The van der Waals surface area contributed by atoms with E-state index >= 15 is 0 Å². The Hall–Kier alpha value is -3.83. The number of fused-ring (bicyclic) bond motifs is 1. The summed E-state index contributed by atoms with van der Waals surface area (Å²) in [5.41, 5.74) is -0.0336. The van der Waals surface area contributed by atoms with Crippen LogP contribution in [0.2, 0.25) is 0 Å². The number of alkyl halides is 3. The maximum atomic E-state index is 13.5. The first-order valence-electron chi connectivity index (χ1n) is 9.95. The molecule has 164 valence electrons. The number of nitrogens with zero attached hydrogens (tertiary/aromatic N) is 9. The zero-order valence-corrected chi connectivity index (χ0v) is 17.0. The first-order chi connectivity index (χ1) is 15.4. The second-order valence-electron chi connectivity index (χ2n) is 7.33. The summed E-state index contributed by atoms with van der Waals surface area (Å²) < 4.78 is 42.1. The van der Waals surface area contributed by atoms with Crippen LogP contribution in [0.25, 0.3) is 17.2 Å². The van der Waals surface area contributed by atoms with Gasteiger partial charge in [-0.1, -0.05) is 6.07 Å². The normalized spacial score (nSPS) is 14.9. The molecule has 1 aliphatic heterocycles. The summed E-state index contributed by atoms with van der Waals surface area (Å²) in [6.07, 6.45) is -3.09. The van der Waals surface area contributed by atoms with Crippen LogP contribution < -0.4 is 9.80 Å². The minimum atomic E-state index is -4.58. The van der Waals surface area contributed by atoms with Gasteiger partial charge in [-0.15, -0.1) is 15.3 Å². The van der Waals surface area contributed by atoms with Crippen LogP contribution in [0.4, 0.5) is 24.8 Å². The molecule has 0 saturated carbocycles. The Morgan fingerprint density at radius 3 is 2.31 bits per heavy atom. The second kappa shape index (κ2) is 7.70. The summed E-state index contributed by atoms with van der Waals surface area (Å²) in [4.78, 5) is 16.1. The molecule has 32 heavy (non-hydrogen) atoms. The van der Waals surface area contributed by atoms with Gasteiger partial charge in [0, 0.05) is 38.4 Å². The van der Waals surface area contributed by atoms with Crippen molar-refractivity contribution >= 4 is 17.3 Å². The average Bonchev–Trinajstić information content (AvgIpc) is 3.19. The summed E-state index contributed by atoms with van der Waals surface area (Å²) in [5, 5.41) is 12.6. The van der Waals surface area contributed by atoms with Gasteiger partial charge in [0.05, 0.1) is 0 Å². The molecule has 0 bridgehead atoms. The number of aryl methyl sites for hydroxylation is 1. The Morgan fingerprint density at radius 2 is 1.62 bits per heavy atom. The van der Waals surface area contributed by atoms with Gasteiger partial charge in [-0.05, 0) is 31.2 Å². The average molecular weight is 441 g/mol. The third-order valence-electron chi connectivity index (χ3n) is 5.23. The molecular formula is C20H18F3N9. The molecule has 0 amide bonds. The Bertz CT molecular complexity index is 1250. The van der Waals surface area contributed by atoms with E-state index in [9.17, 15) is 13.2 Å². The monoisotopic (exact) mass is 441 g/mol. The molecule has 12 heteroatoms. The van der Waals surface area contributed by atoms with E-state index in [-0.39, 0.29) is 11.6 Å². The van der Waals surface area contributed by atoms with Crippen LogP contribution in [-0.2, 0) is 6.18 Å². The number of aromatic nitrogens is 7. The van der Waals surface area contributed by atoms with Crippen molar-refractivity contribution in [2.24, 2.45) is 0 Å². The maximum Gasteiger partial charge on any atom is 0.433 e. The van der Waals surface area contributed by atoms with Crippen molar-refractivity contribution in [2.75, 3.05) is 36.0 Å². The fourth-order valence-electron chi connectivity index (χ4n) is 3.57.